The molecule has 0 saturated heterocycles. The predicted octanol–water partition coefficient (Wildman–Crippen LogP) is 5.35. The molecule has 2 aromatic carbocycles. The van der Waals surface area contributed by atoms with Gasteiger partial charge in [0.1, 0.15) is 0 Å². The normalized spacial score (nSPS) is 21.8. The summed E-state index contributed by atoms with van der Waals surface area (Å²) in [5.41, 5.74) is 3.96. The van der Waals surface area contributed by atoms with Crippen LogP contribution < -0.4 is 5.32 Å². The van der Waals surface area contributed by atoms with E-state index in [-0.39, 0.29) is 24.2 Å². The van der Waals surface area contributed by atoms with Crippen molar-refractivity contribution in [2.45, 2.75) is 44.2 Å². The highest BCUT2D eigenvalue weighted by Gasteiger charge is 2.35. The first kappa shape index (κ1) is 17.9. The Kier molecular flexibility index (Phi) is 5.72. The molecule has 1 N–H and O–H groups in total. The summed E-state index contributed by atoms with van der Waals surface area (Å²) in [6, 6.07) is 18.7. The van der Waals surface area contributed by atoms with Crippen LogP contribution in [-0.4, -0.2) is 11.8 Å². The lowest BCUT2D eigenvalue weighted by Crippen LogP contribution is -2.34. The standard InChI is InChI=1S/C22H23NO.ClH/c24-22-19-14-8-7-13-18(19)21(23-17-11-5-2-6-12-17)20(22)15-16-9-3-1-4-10-16;/h1,3-4,7-10,13-15,17,21,23H,2,5-6,11-12H2;1H/b20-15+;. The minimum absolute atomic E-state index is 0. The highest BCUT2D eigenvalue weighted by Crippen LogP contribution is 2.38. The summed E-state index contributed by atoms with van der Waals surface area (Å²) in [4.78, 5) is 12.9. The highest BCUT2D eigenvalue weighted by molar-refractivity contribution is 6.16. The zero-order valence-corrected chi connectivity index (χ0v) is 15.1. The van der Waals surface area contributed by atoms with Crippen molar-refractivity contribution < 1.29 is 4.79 Å². The van der Waals surface area contributed by atoms with E-state index in [0.717, 1.165) is 22.3 Å². The summed E-state index contributed by atoms with van der Waals surface area (Å²) < 4.78 is 0. The Morgan fingerprint density at radius 2 is 1.56 bits per heavy atom. The highest BCUT2D eigenvalue weighted by atomic mass is 35.5. The van der Waals surface area contributed by atoms with Gasteiger partial charge in [-0.15, -0.1) is 12.4 Å². The van der Waals surface area contributed by atoms with Gasteiger partial charge in [-0.3, -0.25) is 4.79 Å². The molecule has 0 radical (unpaired) electrons. The van der Waals surface area contributed by atoms with E-state index in [4.69, 9.17) is 0 Å². The van der Waals surface area contributed by atoms with Crippen molar-refractivity contribution in [2.24, 2.45) is 0 Å². The second-order valence-electron chi connectivity index (χ2n) is 6.86. The van der Waals surface area contributed by atoms with Crippen LogP contribution in [0.4, 0.5) is 0 Å². The molecule has 2 aromatic rings. The van der Waals surface area contributed by atoms with Crippen molar-refractivity contribution in [1.82, 2.24) is 5.32 Å². The molecule has 2 aliphatic rings. The zero-order valence-electron chi connectivity index (χ0n) is 14.3. The average molecular weight is 354 g/mol. The molecule has 25 heavy (non-hydrogen) atoms. The second kappa shape index (κ2) is 7.99. The SMILES string of the molecule is Cl.O=C1/C(=C/c2ccccc2)C(NC2CCCCC2)c2ccccc21. The third-order valence-electron chi connectivity index (χ3n) is 5.22. The van der Waals surface area contributed by atoms with Gasteiger partial charge in [0.2, 0.25) is 0 Å². The summed E-state index contributed by atoms with van der Waals surface area (Å²) in [5.74, 6) is 0.169. The number of hydrogen-bond acceptors (Lipinski definition) is 2. The van der Waals surface area contributed by atoms with Gasteiger partial charge in [-0.2, -0.15) is 0 Å². The number of halogens is 1. The fourth-order valence-electron chi connectivity index (χ4n) is 3.97. The Bertz CT molecular complexity index is 763. The fourth-order valence-corrected chi connectivity index (χ4v) is 3.97. The Morgan fingerprint density at radius 3 is 2.32 bits per heavy atom. The van der Waals surface area contributed by atoms with Crippen molar-refractivity contribution in [3.05, 3.63) is 76.9 Å². The number of carbonyl (C=O) groups is 1. The molecule has 1 fully saturated rings. The molecule has 0 heterocycles. The first-order valence-corrected chi connectivity index (χ1v) is 8.99. The van der Waals surface area contributed by atoms with Crippen molar-refractivity contribution in [3.63, 3.8) is 0 Å². The van der Waals surface area contributed by atoms with Crippen LogP contribution in [0, 0.1) is 0 Å². The monoisotopic (exact) mass is 353 g/mol. The van der Waals surface area contributed by atoms with Gasteiger partial charge in [0, 0.05) is 17.2 Å². The first-order chi connectivity index (χ1) is 11.8. The van der Waals surface area contributed by atoms with E-state index in [1.165, 1.54) is 32.1 Å². The van der Waals surface area contributed by atoms with Crippen LogP contribution in [0.1, 0.15) is 59.6 Å². The van der Waals surface area contributed by atoms with Crippen LogP contribution in [0.25, 0.3) is 6.08 Å². The number of nitrogens with one attached hydrogen (secondary N) is 1. The smallest absolute Gasteiger partial charge is 0.191 e. The maximum absolute atomic E-state index is 12.9. The molecule has 2 aliphatic carbocycles. The Morgan fingerprint density at radius 1 is 0.880 bits per heavy atom. The van der Waals surface area contributed by atoms with E-state index in [2.05, 4.69) is 29.6 Å². The predicted molar refractivity (Wildman–Crippen MR) is 105 cm³/mol. The molecule has 2 nitrogen and oxygen atoms in total. The number of Topliss-reactive ketones (excluding diaryl/α,β-unsaturated/α-hetero) is 1. The van der Waals surface area contributed by atoms with Crippen LogP contribution >= 0.6 is 12.4 Å². The van der Waals surface area contributed by atoms with Gasteiger partial charge < -0.3 is 5.32 Å². The largest absolute Gasteiger partial charge is 0.303 e. The molecule has 130 valence electrons. The van der Waals surface area contributed by atoms with E-state index in [0.29, 0.717) is 6.04 Å². The molecule has 1 unspecified atom stereocenters. The second-order valence-corrected chi connectivity index (χ2v) is 6.86. The summed E-state index contributed by atoms with van der Waals surface area (Å²) in [5, 5.41) is 3.79. The van der Waals surface area contributed by atoms with Crippen molar-refractivity contribution >= 4 is 24.3 Å². The summed E-state index contributed by atoms with van der Waals surface area (Å²) in [6.45, 7) is 0. The van der Waals surface area contributed by atoms with E-state index in [1.54, 1.807) is 0 Å². The van der Waals surface area contributed by atoms with Gasteiger partial charge in [-0.1, -0.05) is 73.9 Å². The average Bonchev–Trinajstić information content (AvgIpc) is 2.90. The van der Waals surface area contributed by atoms with Crippen molar-refractivity contribution in [1.29, 1.82) is 0 Å². The Hall–Kier alpha value is -1.90. The number of rotatable bonds is 3. The van der Waals surface area contributed by atoms with Crippen molar-refractivity contribution in [2.75, 3.05) is 0 Å². The first-order valence-electron chi connectivity index (χ1n) is 8.99. The van der Waals surface area contributed by atoms with E-state index >= 15 is 0 Å². The molecule has 0 bridgehead atoms. The van der Waals surface area contributed by atoms with E-state index < -0.39 is 0 Å². The zero-order chi connectivity index (χ0) is 16.4. The molecule has 0 spiro atoms. The maximum atomic E-state index is 12.9. The minimum atomic E-state index is 0. The maximum Gasteiger partial charge on any atom is 0.191 e. The van der Waals surface area contributed by atoms with Gasteiger partial charge >= 0.3 is 0 Å². The molecule has 1 atom stereocenters. The lowest BCUT2D eigenvalue weighted by Gasteiger charge is -2.27. The van der Waals surface area contributed by atoms with Crippen LogP contribution in [0.5, 0.6) is 0 Å². The quantitative estimate of drug-likeness (QED) is 0.753. The van der Waals surface area contributed by atoms with Crippen molar-refractivity contribution in [3.8, 4) is 0 Å². The third-order valence-corrected chi connectivity index (χ3v) is 5.22. The third kappa shape index (κ3) is 3.70. The summed E-state index contributed by atoms with van der Waals surface area (Å²) >= 11 is 0. The van der Waals surface area contributed by atoms with Gasteiger partial charge in [0.25, 0.3) is 0 Å². The fraction of sp³-hybridized carbons (Fsp3) is 0.318. The number of carbonyl (C=O) groups excluding carboxylic acids is 1. The molecule has 4 rings (SSSR count). The topological polar surface area (TPSA) is 29.1 Å². The number of benzene rings is 2. The molecular weight excluding hydrogens is 330 g/mol. The van der Waals surface area contributed by atoms with Crippen LogP contribution in [0.15, 0.2) is 60.2 Å². The molecule has 0 aromatic heterocycles. The Balaban J connectivity index is 0.00000182. The number of hydrogen-bond donors (Lipinski definition) is 1. The van der Waals surface area contributed by atoms with Gasteiger partial charge in [-0.05, 0) is 30.0 Å². The summed E-state index contributed by atoms with van der Waals surface area (Å²) in [6.07, 6.45) is 8.40. The minimum Gasteiger partial charge on any atom is -0.303 e. The van der Waals surface area contributed by atoms with Crippen LogP contribution in [0.2, 0.25) is 0 Å². The number of ketones is 1. The molecule has 3 heteroatoms. The molecule has 0 amide bonds. The summed E-state index contributed by atoms with van der Waals surface area (Å²) in [7, 11) is 0. The lowest BCUT2D eigenvalue weighted by molar-refractivity contribution is 0.103. The van der Waals surface area contributed by atoms with E-state index in [1.807, 2.05) is 36.4 Å². The molecular formula is C22H24ClNO. The molecule has 0 aliphatic heterocycles. The lowest BCUT2D eigenvalue weighted by atomic mass is 9.93. The van der Waals surface area contributed by atoms with Crippen LogP contribution in [-0.2, 0) is 0 Å². The number of fused-ring (bicyclic) bond motifs is 1. The van der Waals surface area contributed by atoms with Crippen LogP contribution in [0.3, 0.4) is 0 Å². The van der Waals surface area contributed by atoms with Gasteiger partial charge in [0.05, 0.1) is 6.04 Å². The van der Waals surface area contributed by atoms with Gasteiger partial charge in [-0.25, -0.2) is 0 Å². The Labute approximate surface area is 155 Å². The van der Waals surface area contributed by atoms with Gasteiger partial charge in [0.15, 0.2) is 5.78 Å². The molecule has 1 saturated carbocycles. The van der Waals surface area contributed by atoms with E-state index in [9.17, 15) is 4.79 Å².